The van der Waals surface area contributed by atoms with Crippen LogP contribution in [0, 0.1) is 5.41 Å². The average Bonchev–Trinajstić information content (AvgIpc) is 3.67. The zero-order valence-electron chi connectivity index (χ0n) is 21.2. The second kappa shape index (κ2) is 8.89. The molecule has 0 amide bonds. The summed E-state index contributed by atoms with van der Waals surface area (Å²) in [5.41, 5.74) is 1.78. The molecule has 192 valence electrons. The van der Waals surface area contributed by atoms with Crippen LogP contribution in [-0.2, 0) is 0 Å². The van der Waals surface area contributed by atoms with Gasteiger partial charge in [-0.25, -0.2) is 0 Å². The van der Waals surface area contributed by atoms with Gasteiger partial charge in [0.1, 0.15) is 17.2 Å². The molecule has 0 radical (unpaired) electrons. The van der Waals surface area contributed by atoms with Crippen molar-refractivity contribution in [2.24, 2.45) is 5.41 Å². The lowest BCUT2D eigenvalue weighted by Gasteiger charge is -2.37. The van der Waals surface area contributed by atoms with Gasteiger partial charge in [-0.3, -0.25) is 14.4 Å². The number of ketones is 3. The van der Waals surface area contributed by atoms with Gasteiger partial charge >= 0.3 is 0 Å². The third-order valence-electron chi connectivity index (χ3n) is 8.30. The predicted molar refractivity (Wildman–Crippen MR) is 152 cm³/mol. The fraction of sp³-hybridized carbons (Fsp3) is 0.182. The van der Waals surface area contributed by atoms with Crippen LogP contribution in [0.4, 0.5) is 5.69 Å². The molecule has 7 rings (SSSR count). The Morgan fingerprint density at radius 3 is 2.31 bits per heavy atom. The summed E-state index contributed by atoms with van der Waals surface area (Å²) in [6, 6.07) is 24.7. The van der Waals surface area contributed by atoms with E-state index in [0.717, 1.165) is 11.3 Å². The van der Waals surface area contributed by atoms with E-state index in [9.17, 15) is 14.4 Å². The predicted octanol–water partition coefficient (Wildman–Crippen LogP) is 6.46. The van der Waals surface area contributed by atoms with E-state index in [4.69, 9.17) is 4.74 Å². The molecule has 1 saturated heterocycles. The van der Waals surface area contributed by atoms with Crippen LogP contribution in [-0.4, -0.2) is 36.0 Å². The van der Waals surface area contributed by atoms with Crippen molar-refractivity contribution in [3.05, 3.63) is 124 Å². The number of nitrogens with zero attached hydrogens (tertiary/aromatic N) is 1. The molecule has 39 heavy (non-hydrogen) atoms. The Hall–Kier alpha value is -4.29. The first-order valence-corrected chi connectivity index (χ1v) is 14.0. The highest BCUT2D eigenvalue weighted by Gasteiger charge is 2.72. The van der Waals surface area contributed by atoms with E-state index < -0.39 is 23.4 Å². The maximum Gasteiger partial charge on any atom is 0.195 e. The summed E-state index contributed by atoms with van der Waals surface area (Å²) in [5, 5.41) is 1.88. The van der Waals surface area contributed by atoms with E-state index in [1.807, 2.05) is 90.0 Å². The van der Waals surface area contributed by atoms with E-state index in [-0.39, 0.29) is 17.3 Å². The van der Waals surface area contributed by atoms with E-state index in [0.29, 0.717) is 33.9 Å². The van der Waals surface area contributed by atoms with Crippen LogP contribution < -0.4 is 9.64 Å². The molecule has 1 aromatic heterocycles. The smallest absolute Gasteiger partial charge is 0.195 e. The lowest BCUT2D eigenvalue weighted by molar-refractivity contribution is 0.0664. The first-order chi connectivity index (χ1) is 19.1. The van der Waals surface area contributed by atoms with E-state index in [1.165, 1.54) is 11.3 Å². The van der Waals surface area contributed by atoms with Crippen LogP contribution in [0.1, 0.15) is 54.4 Å². The molecule has 0 N–H and O–H groups in total. The lowest BCUT2D eigenvalue weighted by atomic mass is 9.64. The molecule has 1 fully saturated rings. The average molecular weight is 532 g/mol. The van der Waals surface area contributed by atoms with Gasteiger partial charge in [-0.2, -0.15) is 0 Å². The van der Waals surface area contributed by atoms with Gasteiger partial charge in [-0.15, -0.1) is 11.3 Å². The molecule has 0 unspecified atom stereocenters. The number of carbonyl (C=O) groups is 3. The molecule has 3 atom stereocenters. The number of hydrogen-bond acceptors (Lipinski definition) is 6. The van der Waals surface area contributed by atoms with Crippen LogP contribution >= 0.6 is 11.3 Å². The number of benzene rings is 3. The lowest BCUT2D eigenvalue weighted by Crippen LogP contribution is -2.48. The molecule has 4 aromatic rings. The Bertz CT molecular complexity index is 1640. The summed E-state index contributed by atoms with van der Waals surface area (Å²) in [7, 11) is 0. The fourth-order valence-electron chi connectivity index (χ4n) is 6.85. The largest absolute Gasteiger partial charge is 0.494 e. The Kier molecular flexibility index (Phi) is 5.42. The quantitative estimate of drug-likeness (QED) is 0.218. The number of anilines is 1. The van der Waals surface area contributed by atoms with Gasteiger partial charge in [0.2, 0.25) is 0 Å². The highest BCUT2D eigenvalue weighted by Crippen LogP contribution is 2.62. The van der Waals surface area contributed by atoms with E-state index in [2.05, 4.69) is 0 Å². The normalized spacial score (nSPS) is 22.1. The summed E-state index contributed by atoms with van der Waals surface area (Å²) in [6.07, 6.45) is 3.92. The van der Waals surface area contributed by atoms with Crippen molar-refractivity contribution in [1.29, 1.82) is 0 Å². The minimum Gasteiger partial charge on any atom is -0.494 e. The van der Waals surface area contributed by atoms with Crippen molar-refractivity contribution in [3.63, 3.8) is 0 Å². The maximum atomic E-state index is 14.7. The van der Waals surface area contributed by atoms with Crippen molar-refractivity contribution < 1.29 is 19.1 Å². The van der Waals surface area contributed by atoms with Gasteiger partial charge in [0, 0.05) is 28.3 Å². The molecule has 3 aliphatic rings. The summed E-state index contributed by atoms with van der Waals surface area (Å²) < 4.78 is 6.07. The van der Waals surface area contributed by atoms with Gasteiger partial charge < -0.3 is 9.64 Å². The second-order valence-electron chi connectivity index (χ2n) is 10.1. The molecule has 2 aliphatic heterocycles. The third kappa shape index (κ3) is 3.15. The summed E-state index contributed by atoms with van der Waals surface area (Å²) in [4.78, 5) is 46.5. The van der Waals surface area contributed by atoms with Crippen LogP contribution in [0.5, 0.6) is 5.75 Å². The van der Waals surface area contributed by atoms with E-state index in [1.54, 1.807) is 24.3 Å². The highest BCUT2D eigenvalue weighted by atomic mass is 32.1. The maximum absolute atomic E-state index is 14.7. The number of rotatable bonds is 5. The molecule has 1 spiro atoms. The minimum atomic E-state index is -1.53. The van der Waals surface area contributed by atoms with Gasteiger partial charge in [-0.1, -0.05) is 78.9 Å². The first kappa shape index (κ1) is 23.8. The number of carbonyl (C=O) groups excluding carboxylic acids is 3. The Morgan fingerprint density at radius 1 is 0.897 bits per heavy atom. The molecule has 3 aromatic carbocycles. The molecular formula is C33H25NO4S. The summed E-state index contributed by atoms with van der Waals surface area (Å²) in [5.74, 6) is -0.769. The van der Waals surface area contributed by atoms with Crippen molar-refractivity contribution in [3.8, 4) is 5.75 Å². The second-order valence-corrected chi connectivity index (χ2v) is 11.0. The minimum absolute atomic E-state index is 0.107. The molecule has 0 bridgehead atoms. The molecular weight excluding hydrogens is 506 g/mol. The molecule has 6 heteroatoms. The molecule has 1 aliphatic carbocycles. The molecule has 3 heterocycles. The molecule has 0 saturated carbocycles. The number of thiophene rings is 1. The standard InChI is InChI=1S/C33H25NO4S/c1-2-38-25-15-8-6-13-23(25)28-29(30(35)26-16-9-19-39-26)34-24-14-7-3-10-20(24)17-18-27(34)33(28)31(36)21-11-4-5-12-22(21)32(33)37/h3-19,27-29H,2H2,1H3/t27-,28-,29-/m1/s1. The number of para-hydroxylation sites is 2. The van der Waals surface area contributed by atoms with Gasteiger partial charge in [0.05, 0.1) is 17.5 Å². The topological polar surface area (TPSA) is 63.7 Å². The highest BCUT2D eigenvalue weighted by molar-refractivity contribution is 7.12. The number of hydrogen-bond donors (Lipinski definition) is 0. The van der Waals surface area contributed by atoms with E-state index >= 15 is 0 Å². The first-order valence-electron chi connectivity index (χ1n) is 13.1. The van der Waals surface area contributed by atoms with Crippen LogP contribution in [0.3, 0.4) is 0 Å². The zero-order chi connectivity index (χ0) is 26.7. The van der Waals surface area contributed by atoms with Gasteiger partial charge in [0.15, 0.2) is 17.3 Å². The summed E-state index contributed by atoms with van der Waals surface area (Å²) in [6.45, 7) is 2.32. The number of fused-ring (bicyclic) bond motifs is 5. The van der Waals surface area contributed by atoms with Crippen molar-refractivity contribution >= 4 is 40.4 Å². The Labute approximate surface area is 230 Å². The molecule has 5 nitrogen and oxygen atoms in total. The number of Topliss-reactive ketones (excluding diaryl/α,β-unsaturated/α-hetero) is 3. The van der Waals surface area contributed by atoms with Crippen molar-refractivity contribution in [1.82, 2.24) is 0 Å². The van der Waals surface area contributed by atoms with Crippen LogP contribution in [0.15, 0.2) is 96.4 Å². The summed E-state index contributed by atoms with van der Waals surface area (Å²) >= 11 is 1.37. The third-order valence-corrected chi connectivity index (χ3v) is 9.18. The van der Waals surface area contributed by atoms with Crippen LogP contribution in [0.2, 0.25) is 0 Å². The number of ether oxygens (including phenoxy) is 1. The van der Waals surface area contributed by atoms with Crippen molar-refractivity contribution in [2.75, 3.05) is 11.5 Å². The monoisotopic (exact) mass is 531 g/mol. The Balaban J connectivity index is 1.57. The Morgan fingerprint density at radius 2 is 1.59 bits per heavy atom. The fourth-order valence-corrected chi connectivity index (χ4v) is 7.55. The van der Waals surface area contributed by atoms with Crippen molar-refractivity contribution in [2.45, 2.75) is 24.9 Å². The van der Waals surface area contributed by atoms with Crippen LogP contribution in [0.25, 0.3) is 6.08 Å². The zero-order valence-corrected chi connectivity index (χ0v) is 22.1. The van der Waals surface area contributed by atoms with Gasteiger partial charge in [0.25, 0.3) is 0 Å². The van der Waals surface area contributed by atoms with Gasteiger partial charge in [-0.05, 0) is 36.1 Å². The SMILES string of the molecule is CCOc1ccccc1[C@@H]1[C@H](C(=O)c2cccs2)N2c3ccccc3C=C[C@@H]2C12C(=O)c1ccccc1C2=O.